The van der Waals surface area contributed by atoms with E-state index in [1.165, 1.54) is 6.07 Å². The van der Waals surface area contributed by atoms with Crippen molar-refractivity contribution in [2.24, 2.45) is 0 Å². The van der Waals surface area contributed by atoms with Crippen molar-refractivity contribution in [1.29, 1.82) is 0 Å². The molecule has 1 N–H and O–H groups in total. The van der Waals surface area contributed by atoms with E-state index < -0.39 is 11.6 Å². The molecule has 1 heterocycles. The largest absolute Gasteiger partial charge is 0.367 e. The van der Waals surface area contributed by atoms with E-state index in [-0.39, 0.29) is 0 Å². The Labute approximate surface area is 114 Å². The Hall–Kier alpha value is -0.680. The molecule has 18 heavy (non-hydrogen) atoms. The molecule has 0 spiro atoms. The van der Waals surface area contributed by atoms with Gasteiger partial charge >= 0.3 is 0 Å². The molecule has 1 aromatic carbocycles. The fourth-order valence-corrected chi connectivity index (χ4v) is 3.07. The van der Waals surface area contributed by atoms with Crippen molar-refractivity contribution in [2.75, 3.05) is 18.0 Å². The van der Waals surface area contributed by atoms with E-state index >= 15 is 0 Å². The van der Waals surface area contributed by atoms with Crippen molar-refractivity contribution >= 4 is 21.6 Å². The number of anilines is 1. The summed E-state index contributed by atoms with van der Waals surface area (Å²) < 4.78 is 27.3. The quantitative estimate of drug-likeness (QED) is 0.920. The van der Waals surface area contributed by atoms with Gasteiger partial charge in [0.25, 0.3) is 0 Å². The van der Waals surface area contributed by atoms with Gasteiger partial charge in [-0.2, -0.15) is 0 Å². The minimum atomic E-state index is -0.556. The lowest BCUT2D eigenvalue weighted by atomic mass is 10.2. The van der Waals surface area contributed by atoms with Gasteiger partial charge in [0, 0.05) is 35.7 Å². The molecule has 100 valence electrons. The highest BCUT2D eigenvalue weighted by Crippen LogP contribution is 2.32. The molecule has 0 radical (unpaired) electrons. The zero-order valence-corrected chi connectivity index (χ0v) is 12.1. The molecule has 1 aliphatic heterocycles. The monoisotopic (exact) mass is 318 g/mol. The maximum absolute atomic E-state index is 13.8. The first-order valence-electron chi connectivity index (χ1n) is 6.13. The van der Waals surface area contributed by atoms with Crippen molar-refractivity contribution in [3.05, 3.63) is 28.2 Å². The molecule has 0 saturated carbocycles. The zero-order chi connectivity index (χ0) is 13.3. The molecule has 0 aliphatic carbocycles. The van der Waals surface area contributed by atoms with Gasteiger partial charge in [0.15, 0.2) is 5.82 Å². The van der Waals surface area contributed by atoms with E-state index in [0.717, 1.165) is 25.6 Å². The summed E-state index contributed by atoms with van der Waals surface area (Å²) in [5, 5.41) is 3.44. The number of hydrogen-bond donors (Lipinski definition) is 1. The number of nitrogens with zero attached hydrogens (tertiary/aromatic N) is 1. The second kappa shape index (κ2) is 5.53. The SMILES string of the molecule is CC(C)NC1CCN(c2c(F)cc(F)cc2Br)C1. The van der Waals surface area contributed by atoms with Crippen LogP contribution in [-0.2, 0) is 0 Å². The average Bonchev–Trinajstić information content (AvgIpc) is 2.63. The molecule has 1 atom stereocenters. The number of rotatable bonds is 3. The Morgan fingerprint density at radius 3 is 2.72 bits per heavy atom. The lowest BCUT2D eigenvalue weighted by Crippen LogP contribution is -2.37. The van der Waals surface area contributed by atoms with E-state index in [0.29, 0.717) is 22.2 Å². The first kappa shape index (κ1) is 13.7. The maximum Gasteiger partial charge on any atom is 0.150 e. The molecular weight excluding hydrogens is 302 g/mol. The van der Waals surface area contributed by atoms with Crippen molar-refractivity contribution < 1.29 is 8.78 Å². The summed E-state index contributed by atoms with van der Waals surface area (Å²) in [6.07, 6.45) is 0.974. The third-order valence-electron chi connectivity index (χ3n) is 3.06. The van der Waals surface area contributed by atoms with E-state index in [9.17, 15) is 8.78 Å². The minimum absolute atomic E-state index is 0.362. The van der Waals surface area contributed by atoms with Gasteiger partial charge in [-0.15, -0.1) is 0 Å². The van der Waals surface area contributed by atoms with Crippen LogP contribution in [0.1, 0.15) is 20.3 Å². The lowest BCUT2D eigenvalue weighted by molar-refractivity contribution is 0.491. The van der Waals surface area contributed by atoms with Gasteiger partial charge in [0.2, 0.25) is 0 Å². The van der Waals surface area contributed by atoms with Gasteiger partial charge in [-0.1, -0.05) is 13.8 Å². The Morgan fingerprint density at radius 2 is 2.11 bits per heavy atom. The first-order valence-corrected chi connectivity index (χ1v) is 6.92. The van der Waals surface area contributed by atoms with Crippen molar-refractivity contribution in [3.63, 3.8) is 0 Å². The van der Waals surface area contributed by atoms with Crippen molar-refractivity contribution in [2.45, 2.75) is 32.4 Å². The molecule has 1 aromatic rings. The van der Waals surface area contributed by atoms with Crippen LogP contribution in [0.4, 0.5) is 14.5 Å². The summed E-state index contributed by atoms with van der Waals surface area (Å²) in [5.41, 5.74) is 0.462. The topological polar surface area (TPSA) is 15.3 Å². The Balaban J connectivity index is 2.14. The Morgan fingerprint density at radius 1 is 1.39 bits per heavy atom. The summed E-state index contributed by atoms with van der Waals surface area (Å²) in [4.78, 5) is 1.96. The van der Waals surface area contributed by atoms with Crippen LogP contribution < -0.4 is 10.2 Å². The molecule has 0 bridgehead atoms. The number of halogens is 3. The summed E-state index contributed by atoms with van der Waals surface area (Å²) in [7, 11) is 0. The third-order valence-corrected chi connectivity index (χ3v) is 3.66. The zero-order valence-electron chi connectivity index (χ0n) is 10.5. The van der Waals surface area contributed by atoms with Crippen molar-refractivity contribution in [1.82, 2.24) is 5.32 Å². The standard InChI is InChI=1S/C13H17BrF2N2/c1-8(2)17-10-3-4-18(7-10)13-11(14)5-9(15)6-12(13)16/h5-6,8,10,17H,3-4,7H2,1-2H3. The smallest absolute Gasteiger partial charge is 0.150 e. The summed E-state index contributed by atoms with van der Waals surface area (Å²) >= 11 is 3.24. The van der Waals surface area contributed by atoms with E-state index in [1.54, 1.807) is 0 Å². The maximum atomic E-state index is 13.8. The second-order valence-corrected chi connectivity index (χ2v) is 5.83. The van der Waals surface area contributed by atoms with E-state index in [2.05, 4.69) is 35.1 Å². The van der Waals surface area contributed by atoms with Crippen LogP contribution in [0.3, 0.4) is 0 Å². The van der Waals surface area contributed by atoms with Crippen LogP contribution in [0.25, 0.3) is 0 Å². The summed E-state index contributed by atoms with van der Waals surface area (Å²) in [5.74, 6) is -1.06. The molecule has 0 amide bonds. The van der Waals surface area contributed by atoms with Crippen LogP contribution in [-0.4, -0.2) is 25.2 Å². The average molecular weight is 319 g/mol. The molecule has 0 aromatic heterocycles. The molecule has 1 fully saturated rings. The van der Waals surface area contributed by atoms with Gasteiger partial charge < -0.3 is 10.2 Å². The fourth-order valence-electron chi connectivity index (χ4n) is 2.41. The summed E-state index contributed by atoms with van der Waals surface area (Å²) in [6.45, 7) is 5.72. The van der Waals surface area contributed by atoms with Crippen LogP contribution in [0, 0.1) is 11.6 Å². The predicted molar refractivity (Wildman–Crippen MR) is 72.9 cm³/mol. The Kier molecular flexibility index (Phi) is 4.22. The lowest BCUT2D eigenvalue weighted by Gasteiger charge is -2.22. The van der Waals surface area contributed by atoms with Gasteiger partial charge in [0.05, 0.1) is 5.69 Å². The first-order chi connectivity index (χ1) is 8.47. The van der Waals surface area contributed by atoms with Crippen LogP contribution >= 0.6 is 15.9 Å². The van der Waals surface area contributed by atoms with Crippen LogP contribution in [0.2, 0.25) is 0 Å². The van der Waals surface area contributed by atoms with Crippen molar-refractivity contribution in [3.8, 4) is 0 Å². The molecule has 1 unspecified atom stereocenters. The summed E-state index contributed by atoms with van der Waals surface area (Å²) in [6, 6.07) is 3.02. The number of nitrogens with one attached hydrogen (secondary N) is 1. The molecule has 5 heteroatoms. The highest BCUT2D eigenvalue weighted by molar-refractivity contribution is 9.10. The number of hydrogen-bond acceptors (Lipinski definition) is 2. The Bertz CT molecular complexity index is 414. The second-order valence-electron chi connectivity index (χ2n) is 4.97. The van der Waals surface area contributed by atoms with Gasteiger partial charge in [0.1, 0.15) is 5.82 Å². The molecule has 2 nitrogen and oxygen atoms in total. The molecule has 1 aliphatic rings. The van der Waals surface area contributed by atoms with Crippen LogP contribution in [0.15, 0.2) is 16.6 Å². The molecule has 2 rings (SSSR count). The third kappa shape index (κ3) is 3.01. The van der Waals surface area contributed by atoms with E-state index in [4.69, 9.17) is 0 Å². The molecule has 1 saturated heterocycles. The predicted octanol–water partition coefficient (Wildman–Crippen LogP) is 3.30. The fraction of sp³-hybridized carbons (Fsp3) is 0.538. The number of benzene rings is 1. The molecular formula is C13H17BrF2N2. The highest BCUT2D eigenvalue weighted by Gasteiger charge is 2.26. The highest BCUT2D eigenvalue weighted by atomic mass is 79.9. The van der Waals surface area contributed by atoms with Crippen LogP contribution in [0.5, 0.6) is 0 Å². The minimum Gasteiger partial charge on any atom is -0.367 e. The normalized spacial score (nSPS) is 19.9. The van der Waals surface area contributed by atoms with Gasteiger partial charge in [-0.05, 0) is 28.4 Å². The van der Waals surface area contributed by atoms with E-state index in [1.807, 2.05) is 4.90 Å². The van der Waals surface area contributed by atoms with Gasteiger partial charge in [-0.3, -0.25) is 0 Å². The van der Waals surface area contributed by atoms with Gasteiger partial charge in [-0.25, -0.2) is 8.78 Å².